The van der Waals surface area contributed by atoms with Gasteiger partial charge < -0.3 is 15.0 Å². The van der Waals surface area contributed by atoms with Gasteiger partial charge in [0.05, 0.1) is 6.61 Å². The minimum absolute atomic E-state index is 0.0252. The van der Waals surface area contributed by atoms with Gasteiger partial charge in [0.2, 0.25) is 0 Å². The second-order valence-electron chi connectivity index (χ2n) is 5.96. The number of ether oxygens (including phenoxy) is 1. The zero-order chi connectivity index (χ0) is 16.7. The molecule has 1 saturated heterocycles. The molecule has 0 saturated carbocycles. The van der Waals surface area contributed by atoms with Crippen molar-refractivity contribution in [3.63, 3.8) is 0 Å². The van der Waals surface area contributed by atoms with Crippen molar-refractivity contribution in [2.24, 2.45) is 0 Å². The minimum Gasteiger partial charge on any atom is -0.383 e. The van der Waals surface area contributed by atoms with Gasteiger partial charge in [-0.1, -0.05) is 30.7 Å². The lowest BCUT2D eigenvalue weighted by molar-refractivity contribution is 0.106. The van der Waals surface area contributed by atoms with E-state index in [1.807, 2.05) is 29.2 Å². The van der Waals surface area contributed by atoms with Gasteiger partial charge in [-0.2, -0.15) is 0 Å². The number of hydrogen-bond acceptors (Lipinski definition) is 3. The van der Waals surface area contributed by atoms with Gasteiger partial charge >= 0.3 is 6.03 Å². The third-order valence-corrected chi connectivity index (χ3v) is 4.52. The molecular weight excluding hydrogens is 314 g/mol. The number of methoxy groups -OCH3 is 1. The fourth-order valence-corrected chi connectivity index (χ4v) is 2.78. The number of urea groups is 1. The predicted octanol–water partition coefficient (Wildman–Crippen LogP) is 2.42. The predicted molar refractivity (Wildman–Crippen MR) is 93.2 cm³/mol. The third-order valence-electron chi connectivity index (χ3n) is 4.27. The highest BCUT2D eigenvalue weighted by Gasteiger charge is 2.21. The second-order valence-corrected chi connectivity index (χ2v) is 6.40. The Morgan fingerprint density at radius 2 is 1.91 bits per heavy atom. The molecule has 128 valence electrons. The van der Waals surface area contributed by atoms with Gasteiger partial charge in [0.1, 0.15) is 0 Å². The molecule has 5 nitrogen and oxygen atoms in total. The van der Waals surface area contributed by atoms with Crippen molar-refractivity contribution in [1.82, 2.24) is 15.1 Å². The van der Waals surface area contributed by atoms with Gasteiger partial charge in [0, 0.05) is 51.4 Å². The van der Waals surface area contributed by atoms with Gasteiger partial charge in [-0.25, -0.2) is 4.79 Å². The van der Waals surface area contributed by atoms with Gasteiger partial charge in [0.15, 0.2) is 0 Å². The van der Waals surface area contributed by atoms with Crippen molar-refractivity contribution < 1.29 is 9.53 Å². The molecule has 2 rings (SSSR count). The first-order chi connectivity index (χ1) is 11.1. The summed E-state index contributed by atoms with van der Waals surface area (Å²) < 4.78 is 5.09. The molecule has 1 aromatic rings. The molecule has 6 heteroatoms. The number of hydrogen-bond donors (Lipinski definition) is 1. The van der Waals surface area contributed by atoms with E-state index < -0.39 is 0 Å². The number of rotatable bonds is 6. The summed E-state index contributed by atoms with van der Waals surface area (Å²) in [6.45, 7) is 7.75. The summed E-state index contributed by atoms with van der Waals surface area (Å²) in [6, 6.07) is 7.81. The van der Waals surface area contributed by atoms with Crippen molar-refractivity contribution in [2.45, 2.75) is 12.8 Å². The van der Waals surface area contributed by atoms with Crippen LogP contribution in [0.5, 0.6) is 0 Å². The van der Waals surface area contributed by atoms with E-state index in [1.54, 1.807) is 7.11 Å². The second kappa shape index (κ2) is 9.11. The zero-order valence-corrected chi connectivity index (χ0v) is 14.7. The molecule has 1 aromatic carbocycles. The summed E-state index contributed by atoms with van der Waals surface area (Å²) in [4.78, 5) is 16.5. The standard InChI is InChI=1S/C17H26ClN3O2/c1-14(15-3-5-16(18)6-4-15)13-19-17(22)21-9-7-20(8-10-21)11-12-23-2/h3-6,14H,7-13H2,1-2H3,(H,19,22). The Bertz CT molecular complexity index is 487. The molecule has 0 spiro atoms. The van der Waals surface area contributed by atoms with Crippen LogP contribution in [-0.2, 0) is 4.74 Å². The first kappa shape index (κ1) is 18.0. The van der Waals surface area contributed by atoms with Crippen molar-refractivity contribution in [1.29, 1.82) is 0 Å². The van der Waals surface area contributed by atoms with E-state index in [0.29, 0.717) is 6.54 Å². The van der Waals surface area contributed by atoms with Crippen LogP contribution in [0.25, 0.3) is 0 Å². The number of nitrogens with zero attached hydrogens (tertiary/aromatic N) is 2. The number of carbonyl (C=O) groups excluding carboxylic acids is 1. The summed E-state index contributed by atoms with van der Waals surface area (Å²) in [5.41, 5.74) is 1.18. The Kier molecular flexibility index (Phi) is 7.15. The molecule has 0 bridgehead atoms. The average Bonchev–Trinajstić information content (AvgIpc) is 2.58. The molecule has 0 aromatic heterocycles. The first-order valence-corrected chi connectivity index (χ1v) is 8.47. The molecule has 2 amide bonds. The van der Waals surface area contributed by atoms with E-state index in [1.165, 1.54) is 5.56 Å². The lowest BCUT2D eigenvalue weighted by Crippen LogP contribution is -2.52. The Morgan fingerprint density at radius 1 is 1.26 bits per heavy atom. The number of benzene rings is 1. The fourth-order valence-electron chi connectivity index (χ4n) is 2.66. The maximum absolute atomic E-state index is 12.3. The number of halogens is 1. The van der Waals surface area contributed by atoms with Crippen molar-refractivity contribution in [3.05, 3.63) is 34.9 Å². The van der Waals surface area contributed by atoms with Gasteiger partial charge in [-0.05, 0) is 23.6 Å². The summed E-state index contributed by atoms with van der Waals surface area (Å²) in [7, 11) is 1.71. The molecule has 23 heavy (non-hydrogen) atoms. The molecule has 1 fully saturated rings. The minimum atomic E-state index is 0.0252. The van der Waals surface area contributed by atoms with Crippen LogP contribution in [-0.4, -0.2) is 68.8 Å². The highest BCUT2D eigenvalue weighted by atomic mass is 35.5. The van der Waals surface area contributed by atoms with Crippen LogP contribution in [0, 0.1) is 0 Å². The maximum atomic E-state index is 12.3. The molecular formula is C17H26ClN3O2. The largest absolute Gasteiger partial charge is 0.383 e. The Labute approximate surface area is 143 Å². The lowest BCUT2D eigenvalue weighted by atomic mass is 10.0. The lowest BCUT2D eigenvalue weighted by Gasteiger charge is -2.34. The van der Waals surface area contributed by atoms with Crippen molar-refractivity contribution in [3.8, 4) is 0 Å². The Hall–Kier alpha value is -1.30. The number of piperazine rings is 1. The molecule has 0 radical (unpaired) electrons. The molecule has 1 aliphatic rings. The number of carbonyl (C=O) groups is 1. The van der Waals surface area contributed by atoms with Crippen molar-refractivity contribution in [2.75, 3.05) is 53.0 Å². The van der Waals surface area contributed by atoms with Crippen molar-refractivity contribution >= 4 is 17.6 Å². The van der Waals surface area contributed by atoms with E-state index >= 15 is 0 Å². The smallest absolute Gasteiger partial charge is 0.317 e. The molecule has 0 aliphatic carbocycles. The van der Waals surface area contributed by atoms with Crippen LogP contribution < -0.4 is 5.32 Å². The van der Waals surface area contributed by atoms with E-state index in [0.717, 1.165) is 44.4 Å². The molecule has 1 atom stereocenters. The summed E-state index contributed by atoms with van der Waals surface area (Å²) in [5, 5.41) is 3.77. The normalized spacial score (nSPS) is 17.1. The van der Waals surface area contributed by atoms with Crippen LogP contribution in [0.15, 0.2) is 24.3 Å². The molecule has 1 aliphatic heterocycles. The van der Waals surface area contributed by atoms with Crippen LogP contribution in [0.2, 0.25) is 5.02 Å². The van der Waals surface area contributed by atoms with Gasteiger partial charge in [0.25, 0.3) is 0 Å². The van der Waals surface area contributed by atoms with E-state index in [-0.39, 0.29) is 11.9 Å². The SMILES string of the molecule is COCCN1CCN(C(=O)NCC(C)c2ccc(Cl)cc2)CC1. The third kappa shape index (κ3) is 5.68. The van der Waals surface area contributed by atoms with E-state index in [9.17, 15) is 4.79 Å². The Balaban J connectivity index is 1.72. The van der Waals surface area contributed by atoms with Gasteiger partial charge in [-0.3, -0.25) is 4.90 Å². The highest BCUT2D eigenvalue weighted by molar-refractivity contribution is 6.30. The summed E-state index contributed by atoms with van der Waals surface area (Å²) in [5.74, 6) is 0.263. The number of amides is 2. The fraction of sp³-hybridized carbons (Fsp3) is 0.588. The van der Waals surface area contributed by atoms with E-state index in [4.69, 9.17) is 16.3 Å². The quantitative estimate of drug-likeness (QED) is 0.865. The average molecular weight is 340 g/mol. The molecule has 1 heterocycles. The van der Waals surface area contributed by atoms with Crippen LogP contribution >= 0.6 is 11.6 Å². The summed E-state index contributed by atoms with van der Waals surface area (Å²) in [6.07, 6.45) is 0. The Morgan fingerprint density at radius 3 is 2.52 bits per heavy atom. The van der Waals surface area contributed by atoms with Crippen LogP contribution in [0.3, 0.4) is 0 Å². The molecule has 1 unspecified atom stereocenters. The summed E-state index contributed by atoms with van der Waals surface area (Å²) >= 11 is 5.90. The van der Waals surface area contributed by atoms with E-state index in [2.05, 4.69) is 17.1 Å². The maximum Gasteiger partial charge on any atom is 0.317 e. The topological polar surface area (TPSA) is 44.8 Å². The van der Waals surface area contributed by atoms with Gasteiger partial charge in [-0.15, -0.1) is 0 Å². The molecule has 1 N–H and O–H groups in total. The van der Waals surface area contributed by atoms with Crippen LogP contribution in [0.1, 0.15) is 18.4 Å². The first-order valence-electron chi connectivity index (χ1n) is 8.09. The van der Waals surface area contributed by atoms with Crippen LogP contribution in [0.4, 0.5) is 4.79 Å². The number of nitrogens with one attached hydrogen (secondary N) is 1. The monoisotopic (exact) mass is 339 g/mol. The zero-order valence-electron chi connectivity index (χ0n) is 13.9. The highest BCUT2D eigenvalue weighted by Crippen LogP contribution is 2.17.